The Kier molecular flexibility index (Phi) is 8.06. The first-order valence-corrected chi connectivity index (χ1v) is 11.7. The van der Waals surface area contributed by atoms with Crippen molar-refractivity contribution in [2.24, 2.45) is 0 Å². The summed E-state index contributed by atoms with van der Waals surface area (Å²) >= 11 is 1.30. The van der Waals surface area contributed by atoms with Crippen LogP contribution in [0, 0.1) is 20.8 Å². The summed E-state index contributed by atoms with van der Waals surface area (Å²) in [5.74, 6) is 0.501. The Hall–Kier alpha value is -3.39. The molecule has 7 nitrogen and oxygen atoms in total. The number of benzene rings is 2. The second-order valence-corrected chi connectivity index (χ2v) is 8.85. The van der Waals surface area contributed by atoms with E-state index in [4.69, 9.17) is 0 Å². The van der Waals surface area contributed by atoms with E-state index in [2.05, 4.69) is 27.4 Å². The van der Waals surface area contributed by atoms with Gasteiger partial charge in [0, 0.05) is 17.8 Å². The molecule has 0 aliphatic heterocycles. The standard InChI is InChI=1S/C25H29N5O2S/c1-6-13-30-23(19(5)26-24(32)20-10-8-7-9-17(20)3)28-29-25(30)33-15-22(31)27-21-14-16(2)11-12-18(21)4/h6-12,14,19H,1,13,15H2,2-5H3,(H,26,32)(H,27,31). The van der Waals surface area contributed by atoms with Crippen molar-refractivity contribution in [2.75, 3.05) is 11.1 Å². The van der Waals surface area contributed by atoms with Gasteiger partial charge < -0.3 is 15.2 Å². The molecule has 1 heterocycles. The van der Waals surface area contributed by atoms with E-state index in [-0.39, 0.29) is 23.6 Å². The summed E-state index contributed by atoms with van der Waals surface area (Å²) in [7, 11) is 0. The number of nitrogens with one attached hydrogen (secondary N) is 2. The fourth-order valence-corrected chi connectivity index (χ4v) is 4.14. The van der Waals surface area contributed by atoms with Gasteiger partial charge in [0.2, 0.25) is 5.91 Å². The largest absolute Gasteiger partial charge is 0.342 e. The van der Waals surface area contributed by atoms with Crippen molar-refractivity contribution in [3.8, 4) is 0 Å². The van der Waals surface area contributed by atoms with Gasteiger partial charge in [-0.3, -0.25) is 9.59 Å². The maximum atomic E-state index is 12.7. The molecule has 2 amide bonds. The normalized spacial score (nSPS) is 11.6. The Labute approximate surface area is 198 Å². The molecule has 0 saturated carbocycles. The number of allylic oxidation sites excluding steroid dienone is 1. The van der Waals surface area contributed by atoms with E-state index < -0.39 is 0 Å². The van der Waals surface area contributed by atoms with Gasteiger partial charge in [-0.15, -0.1) is 16.8 Å². The molecule has 2 N–H and O–H groups in total. The van der Waals surface area contributed by atoms with Crippen molar-refractivity contribution >= 4 is 29.3 Å². The number of aryl methyl sites for hydroxylation is 3. The number of anilines is 1. The van der Waals surface area contributed by atoms with E-state index >= 15 is 0 Å². The lowest BCUT2D eigenvalue weighted by Crippen LogP contribution is -2.29. The van der Waals surface area contributed by atoms with Crippen molar-refractivity contribution in [1.29, 1.82) is 0 Å². The van der Waals surface area contributed by atoms with Gasteiger partial charge in [-0.25, -0.2) is 0 Å². The molecular formula is C25H29N5O2S. The first kappa shape index (κ1) is 24.3. The van der Waals surface area contributed by atoms with E-state index in [1.54, 1.807) is 12.1 Å². The van der Waals surface area contributed by atoms with Crippen LogP contribution in [0.5, 0.6) is 0 Å². The molecule has 0 radical (unpaired) electrons. The fourth-order valence-electron chi connectivity index (χ4n) is 3.38. The van der Waals surface area contributed by atoms with E-state index in [0.717, 1.165) is 22.4 Å². The highest BCUT2D eigenvalue weighted by molar-refractivity contribution is 7.99. The number of aromatic nitrogens is 3. The zero-order chi connectivity index (χ0) is 24.0. The van der Waals surface area contributed by atoms with Crippen LogP contribution in [-0.4, -0.2) is 32.3 Å². The molecule has 0 spiro atoms. The number of nitrogens with zero attached hydrogens (tertiary/aromatic N) is 3. The second-order valence-electron chi connectivity index (χ2n) is 7.91. The van der Waals surface area contributed by atoms with Crippen LogP contribution >= 0.6 is 11.8 Å². The van der Waals surface area contributed by atoms with Crippen molar-refractivity contribution in [3.63, 3.8) is 0 Å². The van der Waals surface area contributed by atoms with Crippen LogP contribution in [0.2, 0.25) is 0 Å². The van der Waals surface area contributed by atoms with Gasteiger partial charge in [0.1, 0.15) is 0 Å². The summed E-state index contributed by atoms with van der Waals surface area (Å²) in [6.45, 7) is 12.0. The second kappa shape index (κ2) is 11.0. The SMILES string of the molecule is C=CCn1c(SCC(=O)Nc2cc(C)ccc2C)nnc1C(C)NC(=O)c1ccccc1C. The highest BCUT2D eigenvalue weighted by Crippen LogP contribution is 2.22. The number of amides is 2. The molecular weight excluding hydrogens is 434 g/mol. The summed E-state index contributed by atoms with van der Waals surface area (Å²) in [5, 5.41) is 15.1. The molecule has 2 aromatic carbocycles. The Morgan fingerprint density at radius 3 is 2.61 bits per heavy atom. The summed E-state index contributed by atoms with van der Waals surface area (Å²) < 4.78 is 1.87. The monoisotopic (exact) mass is 463 g/mol. The van der Waals surface area contributed by atoms with E-state index in [9.17, 15) is 9.59 Å². The summed E-state index contributed by atoms with van der Waals surface area (Å²) in [4.78, 5) is 25.2. The molecule has 3 aromatic rings. The van der Waals surface area contributed by atoms with Gasteiger partial charge in [0.05, 0.1) is 11.8 Å². The van der Waals surface area contributed by atoms with Gasteiger partial charge in [-0.1, -0.05) is 48.2 Å². The quantitative estimate of drug-likeness (QED) is 0.357. The molecule has 3 rings (SSSR count). The van der Waals surface area contributed by atoms with Crippen LogP contribution < -0.4 is 10.6 Å². The predicted octanol–water partition coefficient (Wildman–Crippen LogP) is 4.61. The van der Waals surface area contributed by atoms with Crippen molar-refractivity contribution in [1.82, 2.24) is 20.1 Å². The molecule has 1 aromatic heterocycles. The number of hydrogen-bond acceptors (Lipinski definition) is 5. The van der Waals surface area contributed by atoms with Crippen LogP contribution in [0.25, 0.3) is 0 Å². The summed E-state index contributed by atoms with van der Waals surface area (Å²) in [6.07, 6.45) is 1.74. The minimum Gasteiger partial charge on any atom is -0.342 e. The molecule has 1 unspecified atom stereocenters. The predicted molar refractivity (Wildman–Crippen MR) is 133 cm³/mol. The molecule has 0 aliphatic carbocycles. The van der Waals surface area contributed by atoms with E-state index in [1.165, 1.54) is 11.8 Å². The number of hydrogen-bond donors (Lipinski definition) is 2. The van der Waals surface area contributed by atoms with Crippen LogP contribution in [0.4, 0.5) is 5.69 Å². The lowest BCUT2D eigenvalue weighted by molar-refractivity contribution is -0.113. The molecule has 0 aliphatic rings. The topological polar surface area (TPSA) is 88.9 Å². The molecule has 1 atom stereocenters. The van der Waals surface area contributed by atoms with Gasteiger partial charge in [-0.2, -0.15) is 0 Å². The van der Waals surface area contributed by atoms with Gasteiger partial charge in [-0.05, 0) is 56.5 Å². The zero-order valence-corrected chi connectivity index (χ0v) is 20.2. The van der Waals surface area contributed by atoms with Crippen LogP contribution in [-0.2, 0) is 11.3 Å². The summed E-state index contributed by atoms with van der Waals surface area (Å²) in [6, 6.07) is 13.0. The first-order chi connectivity index (χ1) is 15.8. The molecule has 172 valence electrons. The van der Waals surface area contributed by atoms with E-state index in [0.29, 0.717) is 23.1 Å². The van der Waals surface area contributed by atoms with Crippen LogP contribution in [0.1, 0.15) is 45.8 Å². The maximum absolute atomic E-state index is 12.7. The lowest BCUT2D eigenvalue weighted by Gasteiger charge is -2.16. The minimum absolute atomic E-state index is 0.121. The summed E-state index contributed by atoms with van der Waals surface area (Å²) in [5.41, 5.74) is 4.43. The molecule has 0 bridgehead atoms. The van der Waals surface area contributed by atoms with Crippen molar-refractivity contribution in [3.05, 3.63) is 83.2 Å². The molecule has 33 heavy (non-hydrogen) atoms. The minimum atomic E-state index is -0.373. The maximum Gasteiger partial charge on any atom is 0.252 e. The Morgan fingerprint density at radius 2 is 1.88 bits per heavy atom. The Morgan fingerprint density at radius 1 is 1.12 bits per heavy atom. The number of carbonyl (C=O) groups is 2. The highest BCUT2D eigenvalue weighted by atomic mass is 32.2. The third-order valence-electron chi connectivity index (χ3n) is 5.18. The number of thioether (sulfide) groups is 1. The van der Waals surface area contributed by atoms with Gasteiger partial charge in [0.25, 0.3) is 5.91 Å². The Balaban J connectivity index is 1.69. The number of carbonyl (C=O) groups excluding carboxylic acids is 2. The average molecular weight is 464 g/mol. The van der Waals surface area contributed by atoms with E-state index in [1.807, 2.05) is 68.7 Å². The zero-order valence-electron chi connectivity index (χ0n) is 19.4. The Bertz CT molecular complexity index is 1170. The smallest absolute Gasteiger partial charge is 0.252 e. The van der Waals surface area contributed by atoms with Crippen LogP contribution in [0.15, 0.2) is 60.3 Å². The highest BCUT2D eigenvalue weighted by Gasteiger charge is 2.21. The van der Waals surface area contributed by atoms with Crippen LogP contribution in [0.3, 0.4) is 0 Å². The van der Waals surface area contributed by atoms with Crippen molar-refractivity contribution in [2.45, 2.75) is 45.4 Å². The van der Waals surface area contributed by atoms with Crippen molar-refractivity contribution < 1.29 is 9.59 Å². The van der Waals surface area contributed by atoms with Gasteiger partial charge >= 0.3 is 0 Å². The third-order valence-corrected chi connectivity index (χ3v) is 6.15. The number of rotatable bonds is 9. The molecule has 0 saturated heterocycles. The molecule has 8 heteroatoms. The van der Waals surface area contributed by atoms with Gasteiger partial charge in [0.15, 0.2) is 11.0 Å². The average Bonchev–Trinajstić information content (AvgIpc) is 3.18. The fraction of sp³-hybridized carbons (Fsp3) is 0.280. The third kappa shape index (κ3) is 6.10. The lowest BCUT2D eigenvalue weighted by atomic mass is 10.1. The molecule has 0 fully saturated rings. The first-order valence-electron chi connectivity index (χ1n) is 10.7.